The largest absolute Gasteiger partial charge is 0.480 e. The maximum absolute atomic E-state index is 12.8. The lowest BCUT2D eigenvalue weighted by Crippen LogP contribution is -2.60. The Balaban J connectivity index is 5.27. The van der Waals surface area contributed by atoms with Gasteiger partial charge < -0.3 is 43.4 Å². The van der Waals surface area contributed by atoms with Crippen molar-refractivity contribution in [3.63, 3.8) is 0 Å². The molecule has 0 aromatic rings. The lowest BCUT2D eigenvalue weighted by molar-refractivity contribution is -0.143. The van der Waals surface area contributed by atoms with E-state index in [1.807, 2.05) is 6.26 Å². The Kier molecular flexibility index (Phi) is 15.3. The Labute approximate surface area is 202 Å². The van der Waals surface area contributed by atoms with E-state index >= 15 is 0 Å². The van der Waals surface area contributed by atoms with Crippen LogP contribution >= 0.6 is 24.4 Å². The topological polar surface area (TPSA) is 235 Å². The third kappa shape index (κ3) is 12.6. The molecule has 0 aliphatic rings. The zero-order valence-electron chi connectivity index (χ0n) is 18.7. The summed E-state index contributed by atoms with van der Waals surface area (Å²) < 4.78 is 0. The highest BCUT2D eigenvalue weighted by Gasteiger charge is 2.32. The number of guanidine groups is 1. The average Bonchev–Trinajstić information content (AvgIpc) is 2.75. The molecule has 5 atom stereocenters. The number of aliphatic hydroxyl groups excluding tert-OH is 1. The lowest BCUT2D eigenvalue weighted by Gasteiger charge is -2.26. The molecule has 5 unspecified atom stereocenters. The Morgan fingerprint density at radius 2 is 1.64 bits per heavy atom. The van der Waals surface area contributed by atoms with Crippen LogP contribution in [-0.4, -0.2) is 94.4 Å². The average molecular weight is 510 g/mol. The number of rotatable bonds is 16. The second kappa shape index (κ2) is 16.4. The number of carbonyl (C=O) groups is 4. The van der Waals surface area contributed by atoms with E-state index in [-0.39, 0.29) is 37.5 Å². The normalized spacial score (nSPS) is 15.3. The third-order valence-corrected chi connectivity index (χ3v) is 5.44. The minimum Gasteiger partial charge on any atom is -0.480 e. The van der Waals surface area contributed by atoms with Gasteiger partial charge in [0.2, 0.25) is 17.7 Å². The number of nitrogens with one attached hydrogen (secondary N) is 3. The summed E-state index contributed by atoms with van der Waals surface area (Å²) in [4.78, 5) is 52.8. The monoisotopic (exact) mass is 509 g/mol. The molecule has 0 aliphatic carbocycles. The zero-order chi connectivity index (χ0) is 25.6. The van der Waals surface area contributed by atoms with Crippen LogP contribution in [0.2, 0.25) is 0 Å². The molecule has 0 saturated heterocycles. The zero-order valence-corrected chi connectivity index (χ0v) is 20.4. The summed E-state index contributed by atoms with van der Waals surface area (Å²) in [6, 6.07) is -4.68. The van der Waals surface area contributed by atoms with Crippen molar-refractivity contribution < 1.29 is 29.4 Å². The molecule has 33 heavy (non-hydrogen) atoms. The minimum absolute atomic E-state index is 0.0202. The SMILES string of the molecule is CSCCC(NC(=O)C(N)CS)C(=O)NC(C(=O)NC(CCCN=C(N)N)C(=O)O)C(C)O. The molecule has 0 aromatic carbocycles. The molecule has 190 valence electrons. The van der Waals surface area contributed by atoms with Crippen LogP contribution in [0.1, 0.15) is 26.2 Å². The van der Waals surface area contributed by atoms with Gasteiger partial charge in [-0.1, -0.05) is 0 Å². The first-order chi connectivity index (χ1) is 15.4. The van der Waals surface area contributed by atoms with Crippen LogP contribution in [-0.2, 0) is 19.2 Å². The first-order valence-corrected chi connectivity index (χ1v) is 12.2. The molecule has 0 aliphatic heterocycles. The van der Waals surface area contributed by atoms with E-state index in [0.717, 1.165) is 0 Å². The van der Waals surface area contributed by atoms with Gasteiger partial charge in [-0.15, -0.1) is 0 Å². The van der Waals surface area contributed by atoms with Crippen molar-refractivity contribution >= 4 is 54.0 Å². The number of aliphatic carboxylic acids is 1. The summed E-state index contributed by atoms with van der Waals surface area (Å²) in [7, 11) is 0. The number of aliphatic imine (C=N–C) groups is 1. The van der Waals surface area contributed by atoms with E-state index in [1.54, 1.807) is 0 Å². The van der Waals surface area contributed by atoms with Crippen molar-refractivity contribution in [2.45, 2.75) is 56.5 Å². The summed E-state index contributed by atoms with van der Waals surface area (Å²) in [5, 5.41) is 26.6. The predicted octanol–water partition coefficient (Wildman–Crippen LogP) is -3.03. The molecule has 0 spiro atoms. The lowest BCUT2D eigenvalue weighted by atomic mass is 10.1. The number of hydrogen-bond donors (Lipinski definition) is 9. The van der Waals surface area contributed by atoms with Gasteiger partial charge in [0.1, 0.15) is 18.1 Å². The first kappa shape index (κ1) is 30.8. The number of nitrogens with zero attached hydrogens (tertiary/aromatic N) is 1. The highest BCUT2D eigenvalue weighted by atomic mass is 32.2. The smallest absolute Gasteiger partial charge is 0.326 e. The van der Waals surface area contributed by atoms with Crippen molar-refractivity contribution in [3.05, 3.63) is 0 Å². The number of thiol groups is 1. The molecule has 15 heteroatoms. The van der Waals surface area contributed by atoms with E-state index in [1.165, 1.54) is 18.7 Å². The molecule has 13 nitrogen and oxygen atoms in total. The van der Waals surface area contributed by atoms with Gasteiger partial charge in [0.15, 0.2) is 5.96 Å². The van der Waals surface area contributed by atoms with Gasteiger partial charge in [0.25, 0.3) is 0 Å². The molecule has 3 amide bonds. The van der Waals surface area contributed by atoms with Crippen LogP contribution in [0, 0.1) is 0 Å². The summed E-state index contributed by atoms with van der Waals surface area (Å²) in [6.07, 6.45) is 1.01. The van der Waals surface area contributed by atoms with Crippen LogP contribution in [0.3, 0.4) is 0 Å². The summed E-state index contributed by atoms with van der Waals surface area (Å²) >= 11 is 5.40. The van der Waals surface area contributed by atoms with Crippen LogP contribution in [0.4, 0.5) is 0 Å². The van der Waals surface area contributed by atoms with Crippen LogP contribution < -0.4 is 33.2 Å². The summed E-state index contributed by atoms with van der Waals surface area (Å²) in [6.45, 7) is 1.44. The van der Waals surface area contributed by atoms with Crippen molar-refractivity contribution in [2.24, 2.45) is 22.2 Å². The van der Waals surface area contributed by atoms with Gasteiger partial charge in [-0.3, -0.25) is 19.4 Å². The Hall–Kier alpha value is -2.23. The fourth-order valence-corrected chi connectivity index (χ4v) is 3.18. The predicted molar refractivity (Wildman–Crippen MR) is 130 cm³/mol. The molecule has 0 radical (unpaired) electrons. The molecular weight excluding hydrogens is 474 g/mol. The molecule has 0 heterocycles. The number of carboxylic acid groups (broad SMARTS) is 1. The number of carbonyl (C=O) groups excluding carboxylic acids is 3. The minimum atomic E-state index is -1.45. The van der Waals surface area contributed by atoms with E-state index in [9.17, 15) is 29.4 Å². The first-order valence-electron chi connectivity index (χ1n) is 10.2. The van der Waals surface area contributed by atoms with Gasteiger partial charge in [-0.2, -0.15) is 24.4 Å². The van der Waals surface area contributed by atoms with Crippen molar-refractivity contribution in [1.29, 1.82) is 0 Å². The Morgan fingerprint density at radius 3 is 2.12 bits per heavy atom. The summed E-state index contributed by atoms with van der Waals surface area (Å²) in [5.74, 6) is -3.04. The molecule has 0 fully saturated rings. The number of thioether (sulfide) groups is 1. The van der Waals surface area contributed by atoms with E-state index < -0.39 is 54.0 Å². The summed E-state index contributed by atoms with van der Waals surface area (Å²) in [5.41, 5.74) is 16.1. The van der Waals surface area contributed by atoms with Crippen LogP contribution in [0.15, 0.2) is 4.99 Å². The van der Waals surface area contributed by atoms with Crippen molar-refractivity contribution in [2.75, 3.05) is 24.3 Å². The standard InChI is InChI=1S/C18H35N7O6S2/c1-9(26)13(16(29)24-12(17(30)31)4-3-6-22-18(20)21)25-15(28)11(5-7-33-2)23-14(27)10(19)8-32/h9-13,26,32H,3-8,19H2,1-2H3,(H,23,27)(H,24,29)(H,25,28)(H,30,31)(H4,20,21,22). The van der Waals surface area contributed by atoms with E-state index in [4.69, 9.17) is 17.2 Å². The van der Waals surface area contributed by atoms with Gasteiger partial charge in [-0.25, -0.2) is 4.79 Å². The van der Waals surface area contributed by atoms with Crippen molar-refractivity contribution in [1.82, 2.24) is 16.0 Å². The molecule has 0 rings (SSSR count). The quantitative estimate of drug-likeness (QED) is 0.0441. The second-order valence-electron chi connectivity index (χ2n) is 7.21. The molecule has 0 aromatic heterocycles. The number of nitrogens with two attached hydrogens (primary N) is 3. The molecule has 0 saturated carbocycles. The molecule has 0 bridgehead atoms. The van der Waals surface area contributed by atoms with Crippen LogP contribution in [0.25, 0.3) is 0 Å². The van der Waals surface area contributed by atoms with Gasteiger partial charge >= 0.3 is 5.97 Å². The fourth-order valence-electron chi connectivity index (χ4n) is 2.55. The highest BCUT2D eigenvalue weighted by Crippen LogP contribution is 2.05. The number of amides is 3. The maximum atomic E-state index is 12.8. The van der Waals surface area contributed by atoms with Gasteiger partial charge in [-0.05, 0) is 38.2 Å². The van der Waals surface area contributed by atoms with Gasteiger partial charge in [0.05, 0.1) is 12.1 Å². The Morgan fingerprint density at radius 1 is 1.03 bits per heavy atom. The van der Waals surface area contributed by atoms with Crippen molar-refractivity contribution in [3.8, 4) is 0 Å². The van der Waals surface area contributed by atoms with Crippen LogP contribution in [0.5, 0.6) is 0 Å². The van der Waals surface area contributed by atoms with E-state index in [0.29, 0.717) is 5.75 Å². The third-order valence-electron chi connectivity index (χ3n) is 4.40. The fraction of sp³-hybridized carbons (Fsp3) is 0.722. The second-order valence-corrected chi connectivity index (χ2v) is 8.56. The molecular formula is C18H35N7O6S2. The number of hydrogen-bond acceptors (Lipinski definition) is 9. The van der Waals surface area contributed by atoms with E-state index in [2.05, 4.69) is 33.6 Å². The Bertz CT molecular complexity index is 691. The maximum Gasteiger partial charge on any atom is 0.326 e. The highest BCUT2D eigenvalue weighted by molar-refractivity contribution is 7.98. The number of carboxylic acids is 1. The molecule has 11 N–H and O–H groups in total. The number of aliphatic hydroxyl groups is 1. The van der Waals surface area contributed by atoms with Gasteiger partial charge in [0, 0.05) is 12.3 Å².